The summed E-state index contributed by atoms with van der Waals surface area (Å²) in [6.07, 6.45) is 6.65. The van der Waals surface area contributed by atoms with Crippen LogP contribution in [0.2, 0.25) is 0 Å². The molecule has 4 amide bonds. The largest absolute Gasteiger partial charge is 0.673 e. The first kappa shape index (κ1) is 51.3. The van der Waals surface area contributed by atoms with E-state index in [1.807, 2.05) is 91.8 Å². The molecule has 0 saturated heterocycles. The second-order valence-electron chi connectivity index (χ2n) is 11.5. The van der Waals surface area contributed by atoms with E-state index in [0.717, 1.165) is 0 Å². The minimum absolute atomic E-state index is 0. The number of carbonyl (C=O) groups is 2. The molecule has 304 valence electrons. The van der Waals surface area contributed by atoms with Crippen molar-refractivity contribution in [3.63, 3.8) is 0 Å². The van der Waals surface area contributed by atoms with Gasteiger partial charge in [-0.25, -0.2) is 9.59 Å². The molecule has 0 saturated carbocycles. The van der Waals surface area contributed by atoms with E-state index in [-0.39, 0.29) is 56.7 Å². The van der Waals surface area contributed by atoms with Gasteiger partial charge < -0.3 is 75.6 Å². The number of carbonyl (C=O) groups excluding carboxylic acids is 2. The van der Waals surface area contributed by atoms with Crippen LogP contribution in [0.4, 0.5) is 44.1 Å². The Kier molecular flexibility index (Phi) is 23.0. The Labute approximate surface area is 320 Å². The molecule has 13 nitrogen and oxygen atoms in total. The number of hydrazone groups is 2. The molecule has 0 N–H and O–H groups in total. The van der Waals surface area contributed by atoms with Crippen molar-refractivity contribution in [3.8, 4) is 0 Å². The Bertz CT molecular complexity index is 1360. The number of rotatable bonds is 6. The van der Waals surface area contributed by atoms with Crippen molar-refractivity contribution in [1.29, 1.82) is 0 Å². The van der Waals surface area contributed by atoms with Gasteiger partial charge in [-0.3, -0.25) is 14.2 Å². The van der Waals surface area contributed by atoms with Crippen molar-refractivity contribution in [1.82, 2.24) is 30.0 Å². The zero-order valence-electron chi connectivity index (χ0n) is 30.5. The van der Waals surface area contributed by atoms with Crippen molar-refractivity contribution >= 4 is 49.0 Å². The Hall–Kier alpha value is -3.84. The van der Waals surface area contributed by atoms with E-state index in [2.05, 4.69) is 31.0 Å². The first-order valence-electron chi connectivity index (χ1n) is 15.4. The fourth-order valence-corrected chi connectivity index (χ4v) is 3.37. The predicted octanol–water partition coefficient (Wildman–Crippen LogP) is 7.76. The van der Waals surface area contributed by atoms with Gasteiger partial charge in [-0.1, -0.05) is 12.1 Å². The maximum Gasteiger partial charge on any atom is 0.673 e. The second-order valence-corrected chi connectivity index (χ2v) is 13.0. The normalized spacial score (nSPS) is 14.3. The van der Waals surface area contributed by atoms with Crippen LogP contribution >= 0.6 is 0 Å². The quantitative estimate of drug-likeness (QED) is 0.215. The number of amidine groups is 2. The number of aromatic nitrogens is 2. The van der Waals surface area contributed by atoms with E-state index < -0.39 is 25.3 Å². The van der Waals surface area contributed by atoms with Gasteiger partial charge in [0.15, 0.2) is 0 Å². The monoisotopic (exact) mass is 878 g/mol. The van der Waals surface area contributed by atoms with Crippen LogP contribution in [0.15, 0.2) is 59.0 Å². The molecular formula is C28H42B2F8N10O3PdS-4. The fourth-order valence-electron chi connectivity index (χ4n) is 3.37. The Morgan fingerprint density at radius 3 is 1.04 bits per heavy atom. The van der Waals surface area contributed by atoms with Crippen LogP contribution in [0, 0.1) is 0 Å². The Morgan fingerprint density at radius 2 is 0.849 bits per heavy atom. The number of amides is 4. The molecular weight excluding hydrogens is 836 g/mol. The Balaban J connectivity index is 0. The van der Waals surface area contributed by atoms with E-state index in [9.17, 15) is 48.3 Å². The zero-order chi connectivity index (χ0) is 40.6. The van der Waals surface area contributed by atoms with Crippen LogP contribution in [0.25, 0.3) is 10.9 Å². The van der Waals surface area contributed by atoms with Crippen molar-refractivity contribution in [2.45, 2.75) is 79.6 Å². The number of pyridine rings is 2. The molecule has 2 aromatic rings. The maximum absolute atomic E-state index is 12.2. The molecule has 25 heteroatoms. The third kappa shape index (κ3) is 22.1. The summed E-state index contributed by atoms with van der Waals surface area (Å²) in [5, 5.41) is 14.4. The first-order valence-corrected chi connectivity index (χ1v) is 17.4. The second kappa shape index (κ2) is 23.7. The van der Waals surface area contributed by atoms with Crippen LogP contribution in [0.1, 0.15) is 66.8 Å². The SMILES string of the molecule is CC(C)N1N=C(c2ccccn2)[N-]N(C(C)C)C1=O.CC(C)N1N=C(c2ccccn2)[N-]N(C(C)C)C1=O.CS(C)=O.F[B-](F)(F)F.F[B-](F)(F)F.[Pd]. The summed E-state index contributed by atoms with van der Waals surface area (Å²) in [7, 11) is -12.6. The van der Waals surface area contributed by atoms with Crippen LogP contribution < -0.4 is 0 Å². The summed E-state index contributed by atoms with van der Waals surface area (Å²) in [5.41, 5.74) is 9.91. The zero-order valence-corrected chi connectivity index (χ0v) is 32.9. The standard InChI is InChI=1S/2C13H18N5O.C2H6OS.2BF4.Pd/c2*1-9(2)17-13(19)18(10(3)4)16-12(15-17)11-7-5-6-8-14-11;1-4(2)3;2*2-1(3,4)5;/h2*5-10H,1-4H3;1-2H3;;;/q2*-1;;2*-1;. The van der Waals surface area contributed by atoms with Crippen LogP contribution in [0.5, 0.6) is 0 Å². The molecule has 2 aliphatic rings. The summed E-state index contributed by atoms with van der Waals surface area (Å²) in [4.78, 5) is 32.9. The van der Waals surface area contributed by atoms with Gasteiger partial charge in [0.25, 0.3) is 0 Å². The fraction of sp³-hybridized carbons (Fsp3) is 0.500. The van der Waals surface area contributed by atoms with Gasteiger partial charge in [-0.05, 0) is 91.3 Å². The Morgan fingerprint density at radius 1 is 0.585 bits per heavy atom. The smallest absolute Gasteiger partial charge is 0.418 e. The van der Waals surface area contributed by atoms with E-state index in [1.165, 1.54) is 20.0 Å². The number of hydrogen-bond acceptors (Lipinski definition) is 7. The molecule has 0 atom stereocenters. The maximum atomic E-state index is 12.2. The van der Waals surface area contributed by atoms with Gasteiger partial charge in [0.1, 0.15) is 0 Å². The van der Waals surface area contributed by atoms with Crippen LogP contribution in [-0.2, 0) is 31.2 Å². The van der Waals surface area contributed by atoms with Crippen molar-refractivity contribution in [2.75, 3.05) is 12.5 Å². The number of hydrogen-bond donors (Lipinski definition) is 0. The molecule has 53 heavy (non-hydrogen) atoms. The average molecular weight is 879 g/mol. The molecule has 4 heterocycles. The summed E-state index contributed by atoms with van der Waals surface area (Å²) in [5.74, 6) is 0.921. The third-order valence-electron chi connectivity index (χ3n) is 5.34. The minimum atomic E-state index is -6.00. The van der Waals surface area contributed by atoms with E-state index in [0.29, 0.717) is 23.1 Å². The molecule has 2 aliphatic heterocycles. The van der Waals surface area contributed by atoms with Crippen LogP contribution in [-0.4, -0.2) is 109 Å². The van der Waals surface area contributed by atoms with E-state index in [1.54, 1.807) is 24.9 Å². The summed E-state index contributed by atoms with van der Waals surface area (Å²) >= 11 is 0. The van der Waals surface area contributed by atoms with Crippen molar-refractivity contribution < 1.29 is 68.7 Å². The van der Waals surface area contributed by atoms with Crippen molar-refractivity contribution in [2.24, 2.45) is 10.2 Å². The molecule has 0 radical (unpaired) electrons. The summed E-state index contributed by atoms with van der Waals surface area (Å²) in [6.45, 7) is 15.3. The van der Waals surface area contributed by atoms with Crippen molar-refractivity contribution in [3.05, 3.63) is 71.0 Å². The third-order valence-corrected chi connectivity index (χ3v) is 5.34. The number of urea groups is 2. The molecule has 0 unspecified atom stereocenters. The van der Waals surface area contributed by atoms with Gasteiger partial charge in [-0.15, -0.1) is 0 Å². The van der Waals surface area contributed by atoms with Crippen LogP contribution in [0.3, 0.4) is 0 Å². The van der Waals surface area contributed by atoms with Gasteiger partial charge in [0, 0.05) is 80.3 Å². The van der Waals surface area contributed by atoms with Gasteiger partial charge in [0.05, 0.1) is 11.4 Å². The summed E-state index contributed by atoms with van der Waals surface area (Å²) in [6, 6.07) is 10.6. The molecule has 0 bridgehead atoms. The van der Waals surface area contributed by atoms with Gasteiger partial charge in [-0.2, -0.15) is 0 Å². The molecule has 0 spiro atoms. The first-order chi connectivity index (χ1) is 23.7. The predicted molar refractivity (Wildman–Crippen MR) is 187 cm³/mol. The topological polar surface area (TPSA) is 143 Å². The van der Waals surface area contributed by atoms with Gasteiger partial charge >= 0.3 is 26.6 Å². The molecule has 0 aromatic carbocycles. The van der Waals surface area contributed by atoms with E-state index >= 15 is 0 Å². The molecule has 2 aromatic heterocycles. The molecule has 0 aliphatic carbocycles. The van der Waals surface area contributed by atoms with Gasteiger partial charge in [0.2, 0.25) is 0 Å². The average Bonchev–Trinajstić information content (AvgIpc) is 3.00. The number of nitrogens with zero attached hydrogens (tertiary/aromatic N) is 10. The van der Waals surface area contributed by atoms with E-state index in [4.69, 9.17) is 0 Å². The minimum Gasteiger partial charge on any atom is -0.418 e. The molecule has 0 fully saturated rings. The number of halogens is 8. The molecule has 4 rings (SSSR count). The summed E-state index contributed by atoms with van der Waals surface area (Å²) < 4.78 is 87.6.